The number of aliphatic hydroxyl groups excluding tert-OH is 1. The first kappa shape index (κ1) is 17.5. The molecule has 0 saturated heterocycles. The van der Waals surface area contributed by atoms with Crippen LogP contribution in [-0.2, 0) is 9.59 Å². The second-order valence-electron chi connectivity index (χ2n) is 4.74. The monoisotopic (exact) mass is 311 g/mol. The molecule has 0 spiro atoms. The zero-order valence-corrected chi connectivity index (χ0v) is 11.9. The van der Waals surface area contributed by atoms with E-state index in [0.717, 1.165) is 0 Å². The van der Waals surface area contributed by atoms with Crippen molar-refractivity contribution >= 4 is 23.3 Å². The third-order valence-electron chi connectivity index (χ3n) is 2.96. The number of aliphatic hydroxyl groups is 1. The number of benzene rings is 1. The molecular weight excluding hydrogens is 294 g/mol. The van der Waals surface area contributed by atoms with E-state index in [4.69, 9.17) is 10.8 Å². The highest BCUT2D eigenvalue weighted by Gasteiger charge is 2.19. The van der Waals surface area contributed by atoms with Crippen LogP contribution in [0.15, 0.2) is 18.2 Å². The Morgan fingerprint density at radius 1 is 1.45 bits per heavy atom. The second kappa shape index (κ2) is 7.48. The van der Waals surface area contributed by atoms with Crippen molar-refractivity contribution in [3.05, 3.63) is 33.9 Å². The van der Waals surface area contributed by atoms with E-state index in [9.17, 15) is 24.8 Å². The molecule has 22 heavy (non-hydrogen) atoms. The first-order chi connectivity index (χ1) is 10.2. The maximum absolute atomic E-state index is 11.7. The number of carboxylic acids is 1. The van der Waals surface area contributed by atoms with Crippen molar-refractivity contribution in [2.24, 2.45) is 5.73 Å². The maximum Gasteiger partial charge on any atom is 0.320 e. The van der Waals surface area contributed by atoms with Crippen molar-refractivity contribution in [3.8, 4) is 0 Å². The summed E-state index contributed by atoms with van der Waals surface area (Å²) >= 11 is 0. The molecule has 0 aromatic heterocycles. The zero-order chi connectivity index (χ0) is 16.9. The van der Waals surface area contributed by atoms with E-state index in [-0.39, 0.29) is 29.8 Å². The number of hydrogen-bond acceptors (Lipinski definition) is 6. The summed E-state index contributed by atoms with van der Waals surface area (Å²) in [6, 6.07) is 2.69. The number of carboxylic acid groups (broad SMARTS) is 1. The lowest BCUT2D eigenvalue weighted by Crippen LogP contribution is -2.31. The SMILES string of the molecule is CC(O)c1cc(NC(=O)CC[C@H](N)C(=O)O)ccc1[N+](=O)[O-]. The summed E-state index contributed by atoms with van der Waals surface area (Å²) in [5, 5.41) is 31.5. The van der Waals surface area contributed by atoms with Crippen LogP contribution >= 0.6 is 0 Å². The third kappa shape index (κ3) is 4.79. The van der Waals surface area contributed by atoms with Crippen molar-refractivity contribution in [2.75, 3.05) is 5.32 Å². The van der Waals surface area contributed by atoms with Gasteiger partial charge in [0.15, 0.2) is 0 Å². The quantitative estimate of drug-likeness (QED) is 0.428. The second-order valence-corrected chi connectivity index (χ2v) is 4.74. The third-order valence-corrected chi connectivity index (χ3v) is 2.96. The van der Waals surface area contributed by atoms with Gasteiger partial charge in [0.2, 0.25) is 5.91 Å². The topological polar surface area (TPSA) is 156 Å². The predicted molar refractivity (Wildman–Crippen MR) is 77.2 cm³/mol. The number of amides is 1. The summed E-state index contributed by atoms with van der Waals surface area (Å²) in [6.07, 6.45) is -1.20. The number of nitro benzene ring substituents is 1. The van der Waals surface area contributed by atoms with E-state index >= 15 is 0 Å². The van der Waals surface area contributed by atoms with Gasteiger partial charge in [0.1, 0.15) is 6.04 Å². The summed E-state index contributed by atoms with van der Waals surface area (Å²) in [4.78, 5) is 32.4. The molecule has 9 nitrogen and oxygen atoms in total. The molecule has 1 unspecified atom stereocenters. The number of carbonyl (C=O) groups excluding carboxylic acids is 1. The number of rotatable bonds is 7. The molecule has 0 aliphatic heterocycles. The van der Waals surface area contributed by atoms with Crippen molar-refractivity contribution in [1.29, 1.82) is 0 Å². The molecule has 0 aliphatic rings. The van der Waals surface area contributed by atoms with Crippen LogP contribution in [0.4, 0.5) is 11.4 Å². The molecule has 1 amide bonds. The van der Waals surface area contributed by atoms with E-state index < -0.39 is 28.9 Å². The molecule has 2 atom stereocenters. The Morgan fingerprint density at radius 3 is 2.59 bits per heavy atom. The molecule has 0 aliphatic carbocycles. The van der Waals surface area contributed by atoms with Crippen LogP contribution in [0.3, 0.4) is 0 Å². The molecule has 9 heteroatoms. The fraction of sp³-hybridized carbons (Fsp3) is 0.385. The molecule has 5 N–H and O–H groups in total. The summed E-state index contributed by atoms with van der Waals surface area (Å²) in [5.74, 6) is -1.67. The average molecular weight is 311 g/mol. The zero-order valence-electron chi connectivity index (χ0n) is 11.9. The van der Waals surface area contributed by atoms with Gasteiger partial charge < -0.3 is 21.3 Å². The highest BCUT2D eigenvalue weighted by atomic mass is 16.6. The Kier molecular flexibility index (Phi) is 5.96. The van der Waals surface area contributed by atoms with Crippen LogP contribution in [-0.4, -0.2) is 33.1 Å². The largest absolute Gasteiger partial charge is 0.480 e. The van der Waals surface area contributed by atoms with Gasteiger partial charge in [-0.15, -0.1) is 0 Å². The Balaban J connectivity index is 2.78. The molecule has 1 aromatic rings. The molecule has 0 saturated carbocycles. The fourth-order valence-corrected chi connectivity index (χ4v) is 1.77. The van der Waals surface area contributed by atoms with E-state index in [2.05, 4.69) is 5.32 Å². The van der Waals surface area contributed by atoms with Crippen LogP contribution < -0.4 is 11.1 Å². The fourth-order valence-electron chi connectivity index (χ4n) is 1.77. The Labute approximate surface area is 125 Å². The Hall–Kier alpha value is -2.52. The van der Waals surface area contributed by atoms with Gasteiger partial charge in [-0.05, 0) is 25.5 Å². The van der Waals surface area contributed by atoms with Crippen LogP contribution in [0.5, 0.6) is 0 Å². The van der Waals surface area contributed by atoms with Crippen molar-refractivity contribution in [3.63, 3.8) is 0 Å². The highest BCUT2D eigenvalue weighted by molar-refractivity contribution is 5.91. The Bertz CT molecular complexity index is 587. The number of carbonyl (C=O) groups is 2. The van der Waals surface area contributed by atoms with Gasteiger partial charge in [-0.25, -0.2) is 0 Å². The minimum Gasteiger partial charge on any atom is -0.480 e. The first-order valence-corrected chi connectivity index (χ1v) is 6.47. The molecular formula is C13H17N3O6. The number of aliphatic carboxylic acids is 1. The minimum atomic E-state index is -1.19. The number of nitrogens with zero attached hydrogens (tertiary/aromatic N) is 1. The first-order valence-electron chi connectivity index (χ1n) is 6.47. The molecule has 120 valence electrons. The number of hydrogen-bond donors (Lipinski definition) is 4. The summed E-state index contributed by atoms with van der Waals surface area (Å²) in [7, 11) is 0. The minimum absolute atomic E-state index is 0.0303. The highest BCUT2D eigenvalue weighted by Crippen LogP contribution is 2.28. The van der Waals surface area contributed by atoms with Gasteiger partial charge in [0, 0.05) is 18.2 Å². The van der Waals surface area contributed by atoms with E-state index in [1.54, 1.807) is 0 Å². The van der Waals surface area contributed by atoms with Crippen LogP contribution in [0.25, 0.3) is 0 Å². The van der Waals surface area contributed by atoms with Crippen LogP contribution in [0.1, 0.15) is 31.4 Å². The number of anilines is 1. The molecule has 0 heterocycles. The predicted octanol–water partition coefficient (Wildman–Crippen LogP) is 0.779. The lowest BCUT2D eigenvalue weighted by atomic mass is 10.1. The van der Waals surface area contributed by atoms with Gasteiger partial charge in [-0.1, -0.05) is 0 Å². The summed E-state index contributed by atoms with van der Waals surface area (Å²) < 4.78 is 0. The Morgan fingerprint density at radius 2 is 2.09 bits per heavy atom. The standard InChI is InChI=1S/C13H17N3O6/c1-7(17)9-6-8(2-4-11(9)16(21)22)15-12(18)5-3-10(14)13(19)20/h2,4,6-7,10,17H,3,5,14H2,1H3,(H,15,18)(H,19,20)/t7?,10-/m0/s1. The number of nitrogens with one attached hydrogen (secondary N) is 1. The van der Waals surface area contributed by atoms with E-state index in [0.29, 0.717) is 0 Å². The van der Waals surface area contributed by atoms with Crippen LogP contribution in [0.2, 0.25) is 0 Å². The summed E-state index contributed by atoms with van der Waals surface area (Å²) in [5.41, 5.74) is 5.39. The van der Waals surface area contributed by atoms with Crippen LogP contribution in [0, 0.1) is 10.1 Å². The molecule has 0 bridgehead atoms. The van der Waals surface area contributed by atoms with Crippen molar-refractivity contribution in [2.45, 2.75) is 31.9 Å². The van der Waals surface area contributed by atoms with Crippen molar-refractivity contribution in [1.82, 2.24) is 0 Å². The van der Waals surface area contributed by atoms with Crippen molar-refractivity contribution < 1.29 is 24.7 Å². The number of nitro groups is 1. The van der Waals surface area contributed by atoms with Gasteiger partial charge in [0.25, 0.3) is 5.69 Å². The van der Waals surface area contributed by atoms with Gasteiger partial charge in [0.05, 0.1) is 16.6 Å². The van der Waals surface area contributed by atoms with Gasteiger partial charge in [-0.2, -0.15) is 0 Å². The lowest BCUT2D eigenvalue weighted by Gasteiger charge is -2.10. The van der Waals surface area contributed by atoms with E-state index in [1.165, 1.54) is 25.1 Å². The van der Waals surface area contributed by atoms with Gasteiger partial charge in [-0.3, -0.25) is 19.7 Å². The smallest absolute Gasteiger partial charge is 0.320 e. The maximum atomic E-state index is 11.7. The average Bonchev–Trinajstić information content (AvgIpc) is 2.44. The summed E-state index contributed by atoms with van der Waals surface area (Å²) in [6.45, 7) is 1.37. The normalized spacial score (nSPS) is 13.2. The lowest BCUT2D eigenvalue weighted by molar-refractivity contribution is -0.386. The van der Waals surface area contributed by atoms with Gasteiger partial charge >= 0.3 is 5.97 Å². The van der Waals surface area contributed by atoms with E-state index in [1.807, 2.05) is 0 Å². The molecule has 0 fully saturated rings. The number of nitrogens with two attached hydrogens (primary N) is 1. The molecule has 1 rings (SSSR count). The molecule has 1 aromatic carbocycles. The molecule has 0 radical (unpaired) electrons.